The quantitative estimate of drug-likeness (QED) is 0.424. The monoisotopic (exact) mass is 393 g/mol. The van der Waals surface area contributed by atoms with Crippen molar-refractivity contribution in [1.82, 2.24) is 24.7 Å². The van der Waals surface area contributed by atoms with Gasteiger partial charge < -0.3 is 0 Å². The summed E-state index contributed by atoms with van der Waals surface area (Å²) in [4.78, 5) is 12.6. The molecule has 7 nitrogen and oxygen atoms in total. The van der Waals surface area contributed by atoms with Crippen LogP contribution in [-0.2, 0) is 0 Å². The number of hydrogen-bond donors (Lipinski definition) is 1. The van der Waals surface area contributed by atoms with Gasteiger partial charge in [-0.2, -0.15) is 10.2 Å². The van der Waals surface area contributed by atoms with Crippen LogP contribution < -0.4 is 5.43 Å². The van der Waals surface area contributed by atoms with Crippen LogP contribution in [0.3, 0.4) is 0 Å². The zero-order chi connectivity index (χ0) is 17.1. The predicted octanol–water partition coefficient (Wildman–Crippen LogP) is 3.42. The van der Waals surface area contributed by atoms with Gasteiger partial charge in [0.25, 0.3) is 0 Å². The van der Waals surface area contributed by atoms with E-state index in [1.165, 1.54) is 6.33 Å². The van der Waals surface area contributed by atoms with Crippen LogP contribution in [0.2, 0.25) is 0 Å². The van der Waals surface area contributed by atoms with Crippen molar-refractivity contribution in [2.75, 3.05) is 5.43 Å². The summed E-state index contributed by atoms with van der Waals surface area (Å²) < 4.78 is 2.74. The van der Waals surface area contributed by atoms with E-state index in [1.807, 2.05) is 36.4 Å². The summed E-state index contributed by atoms with van der Waals surface area (Å²) in [6.07, 6.45) is 8.33. The summed E-state index contributed by atoms with van der Waals surface area (Å²) in [5.41, 5.74) is 5.45. The third-order valence-corrected chi connectivity index (χ3v) is 3.98. The van der Waals surface area contributed by atoms with Gasteiger partial charge in [0.05, 0.1) is 23.5 Å². The largest absolute Gasteiger partial charge is 0.264 e. The highest BCUT2D eigenvalue weighted by Crippen LogP contribution is 2.23. The predicted molar refractivity (Wildman–Crippen MR) is 99.8 cm³/mol. The van der Waals surface area contributed by atoms with Crippen molar-refractivity contribution in [2.24, 2.45) is 5.10 Å². The standard InChI is InChI=1S/C17H12BrN7/c18-13-4-1-5-14(7-13)25-17-15(10-23-25)16(20-11-21-17)24-22-9-12-3-2-6-19-8-12/h1-11H,(H,20,21,24). The van der Waals surface area contributed by atoms with Gasteiger partial charge >= 0.3 is 0 Å². The van der Waals surface area contributed by atoms with Crippen LogP contribution in [0.15, 0.2) is 70.9 Å². The van der Waals surface area contributed by atoms with Gasteiger partial charge in [-0.05, 0) is 24.3 Å². The first-order valence-corrected chi connectivity index (χ1v) is 8.24. The van der Waals surface area contributed by atoms with Gasteiger partial charge in [-0.3, -0.25) is 10.4 Å². The summed E-state index contributed by atoms with van der Waals surface area (Å²) in [7, 11) is 0. The Morgan fingerprint density at radius 3 is 2.92 bits per heavy atom. The van der Waals surface area contributed by atoms with E-state index < -0.39 is 0 Å². The van der Waals surface area contributed by atoms with E-state index in [0.717, 1.165) is 21.1 Å². The molecule has 122 valence electrons. The van der Waals surface area contributed by atoms with Crippen LogP contribution in [0.5, 0.6) is 0 Å². The number of nitrogens with zero attached hydrogens (tertiary/aromatic N) is 6. The van der Waals surface area contributed by atoms with E-state index in [-0.39, 0.29) is 0 Å². The number of fused-ring (bicyclic) bond motifs is 1. The Hall–Kier alpha value is -3.13. The Morgan fingerprint density at radius 1 is 1.12 bits per heavy atom. The lowest BCUT2D eigenvalue weighted by Gasteiger charge is -2.04. The normalized spacial score (nSPS) is 11.2. The minimum atomic E-state index is 0.589. The molecule has 0 amide bonds. The molecule has 3 aromatic heterocycles. The van der Waals surface area contributed by atoms with Gasteiger partial charge in [0.1, 0.15) is 6.33 Å². The number of halogens is 1. The average molecular weight is 394 g/mol. The minimum absolute atomic E-state index is 0.589. The molecule has 0 atom stereocenters. The molecule has 0 saturated carbocycles. The highest BCUT2D eigenvalue weighted by Gasteiger charge is 2.10. The van der Waals surface area contributed by atoms with Gasteiger partial charge in [0.15, 0.2) is 11.5 Å². The molecule has 0 radical (unpaired) electrons. The first kappa shape index (κ1) is 15.4. The molecule has 25 heavy (non-hydrogen) atoms. The highest BCUT2D eigenvalue weighted by atomic mass is 79.9. The second kappa shape index (κ2) is 6.78. The van der Waals surface area contributed by atoms with Crippen molar-refractivity contribution in [3.63, 3.8) is 0 Å². The molecule has 4 rings (SSSR count). The van der Waals surface area contributed by atoms with E-state index in [2.05, 4.69) is 46.5 Å². The lowest BCUT2D eigenvalue weighted by atomic mass is 10.3. The first-order valence-electron chi connectivity index (χ1n) is 7.45. The van der Waals surface area contributed by atoms with Gasteiger partial charge in [0, 0.05) is 22.4 Å². The first-order chi connectivity index (χ1) is 12.3. The van der Waals surface area contributed by atoms with Crippen LogP contribution in [0.4, 0.5) is 5.82 Å². The Bertz CT molecular complexity index is 1040. The van der Waals surface area contributed by atoms with Crippen molar-refractivity contribution in [2.45, 2.75) is 0 Å². The van der Waals surface area contributed by atoms with Crippen LogP contribution in [0.25, 0.3) is 16.7 Å². The maximum absolute atomic E-state index is 4.43. The van der Waals surface area contributed by atoms with Crippen LogP contribution in [-0.4, -0.2) is 30.9 Å². The number of hydrazone groups is 1. The molecule has 8 heteroatoms. The van der Waals surface area contributed by atoms with Gasteiger partial charge in [-0.15, -0.1) is 0 Å². The summed E-state index contributed by atoms with van der Waals surface area (Å²) in [5, 5.41) is 9.42. The van der Waals surface area contributed by atoms with Crippen LogP contribution in [0.1, 0.15) is 5.56 Å². The molecule has 0 aliphatic heterocycles. The molecular weight excluding hydrogens is 382 g/mol. The number of anilines is 1. The number of nitrogens with one attached hydrogen (secondary N) is 1. The summed E-state index contributed by atoms with van der Waals surface area (Å²) >= 11 is 3.47. The molecule has 4 aromatic rings. The fourth-order valence-corrected chi connectivity index (χ4v) is 2.74. The summed E-state index contributed by atoms with van der Waals surface area (Å²) in [6.45, 7) is 0. The van der Waals surface area contributed by atoms with Gasteiger partial charge in [-0.25, -0.2) is 14.6 Å². The molecule has 0 unspecified atom stereocenters. The summed E-state index contributed by atoms with van der Waals surface area (Å²) in [6, 6.07) is 11.6. The third kappa shape index (κ3) is 3.24. The number of aromatic nitrogens is 5. The fourth-order valence-electron chi connectivity index (χ4n) is 2.35. The molecule has 0 aliphatic rings. The van der Waals surface area contributed by atoms with E-state index in [1.54, 1.807) is 29.5 Å². The summed E-state index contributed by atoms with van der Waals surface area (Å²) in [5.74, 6) is 0.589. The molecule has 0 fully saturated rings. The molecule has 1 aromatic carbocycles. The van der Waals surface area contributed by atoms with Crippen molar-refractivity contribution in [1.29, 1.82) is 0 Å². The fraction of sp³-hybridized carbons (Fsp3) is 0. The third-order valence-electron chi connectivity index (χ3n) is 3.49. The number of benzene rings is 1. The lowest BCUT2D eigenvalue weighted by Crippen LogP contribution is -1.99. The molecule has 0 spiro atoms. The number of pyridine rings is 1. The molecular formula is C17H12BrN7. The van der Waals surface area contributed by atoms with Crippen LogP contribution in [0, 0.1) is 0 Å². The van der Waals surface area contributed by atoms with Gasteiger partial charge in [0.2, 0.25) is 0 Å². The maximum atomic E-state index is 4.43. The van der Waals surface area contributed by atoms with Crippen molar-refractivity contribution < 1.29 is 0 Å². The molecule has 1 N–H and O–H groups in total. The van der Waals surface area contributed by atoms with E-state index in [9.17, 15) is 0 Å². The van der Waals surface area contributed by atoms with Crippen molar-refractivity contribution in [3.05, 3.63) is 71.4 Å². The number of hydrogen-bond acceptors (Lipinski definition) is 6. The number of rotatable bonds is 4. The molecule has 0 saturated heterocycles. The van der Waals surface area contributed by atoms with E-state index in [4.69, 9.17) is 0 Å². The Balaban J connectivity index is 1.66. The Kier molecular flexibility index (Phi) is 4.17. The highest BCUT2D eigenvalue weighted by molar-refractivity contribution is 9.10. The van der Waals surface area contributed by atoms with Crippen molar-refractivity contribution >= 4 is 39.0 Å². The topological polar surface area (TPSA) is 80.9 Å². The molecule has 0 bridgehead atoms. The zero-order valence-corrected chi connectivity index (χ0v) is 14.5. The Labute approximate surface area is 151 Å². The van der Waals surface area contributed by atoms with Gasteiger partial charge in [-0.1, -0.05) is 28.1 Å². The van der Waals surface area contributed by atoms with E-state index >= 15 is 0 Å². The zero-order valence-electron chi connectivity index (χ0n) is 12.9. The Morgan fingerprint density at radius 2 is 2.08 bits per heavy atom. The maximum Gasteiger partial charge on any atom is 0.168 e. The smallest absolute Gasteiger partial charge is 0.168 e. The second-order valence-corrected chi connectivity index (χ2v) is 6.07. The van der Waals surface area contributed by atoms with Crippen LogP contribution >= 0.6 is 15.9 Å². The van der Waals surface area contributed by atoms with Crippen molar-refractivity contribution in [3.8, 4) is 5.69 Å². The van der Waals surface area contributed by atoms with E-state index in [0.29, 0.717) is 11.5 Å². The average Bonchev–Trinajstić information content (AvgIpc) is 3.08. The second-order valence-electron chi connectivity index (χ2n) is 5.15. The molecule has 3 heterocycles. The lowest BCUT2D eigenvalue weighted by molar-refractivity contribution is 0.894. The minimum Gasteiger partial charge on any atom is -0.264 e. The SMILES string of the molecule is Brc1cccc(-n2ncc3c(NN=Cc4cccnc4)ncnc32)c1. The molecule has 0 aliphatic carbocycles.